The van der Waals surface area contributed by atoms with Crippen molar-refractivity contribution in [2.24, 2.45) is 0 Å². The maximum absolute atomic E-state index is 5.03. The minimum Gasteiger partial charge on any atom is -0.369 e. The number of fused-ring (bicyclic) bond motifs is 2. The summed E-state index contributed by atoms with van der Waals surface area (Å²) in [4.78, 5) is 13.6. The summed E-state index contributed by atoms with van der Waals surface area (Å²) in [6.45, 7) is 11.1. The lowest BCUT2D eigenvalue weighted by Gasteiger charge is -2.34. The molecule has 0 amide bonds. The van der Waals surface area contributed by atoms with Gasteiger partial charge in [-0.1, -0.05) is 0 Å². The summed E-state index contributed by atoms with van der Waals surface area (Å²) in [5.41, 5.74) is 4.87. The molecule has 2 saturated heterocycles. The van der Waals surface area contributed by atoms with E-state index >= 15 is 0 Å². The summed E-state index contributed by atoms with van der Waals surface area (Å²) in [5.74, 6) is 0. The molecule has 4 aliphatic rings. The molecule has 5 nitrogen and oxygen atoms in total. The molecule has 0 unspecified atom stereocenters. The number of piperazine rings is 2. The molecule has 29 heavy (non-hydrogen) atoms. The summed E-state index contributed by atoms with van der Waals surface area (Å²) in [6, 6.07) is 11.5. The van der Waals surface area contributed by atoms with E-state index < -0.39 is 0 Å². The highest BCUT2D eigenvalue weighted by Crippen LogP contribution is 2.34. The number of hydrogen-bond acceptors (Lipinski definition) is 5. The zero-order chi connectivity index (χ0) is 20.0. The van der Waals surface area contributed by atoms with Gasteiger partial charge in [0.25, 0.3) is 0 Å². The van der Waals surface area contributed by atoms with Crippen LogP contribution in [0.1, 0.15) is 5.56 Å². The van der Waals surface area contributed by atoms with E-state index in [0.717, 1.165) is 63.6 Å². The molecule has 5 rings (SSSR count). The van der Waals surface area contributed by atoms with Crippen LogP contribution in [0.4, 0.5) is 5.69 Å². The Morgan fingerprint density at radius 2 is 1.62 bits per heavy atom. The van der Waals surface area contributed by atoms with Gasteiger partial charge in [-0.05, 0) is 44.8 Å². The second kappa shape index (κ2) is 7.67. The van der Waals surface area contributed by atoms with E-state index in [0.29, 0.717) is 0 Å². The van der Waals surface area contributed by atoms with Crippen molar-refractivity contribution in [3.8, 4) is 10.6 Å². The number of hydrogen-bond donors (Lipinski definition) is 0. The van der Waals surface area contributed by atoms with Crippen LogP contribution in [0, 0.1) is 6.92 Å². The highest BCUT2D eigenvalue weighted by molar-refractivity contribution is 7.21. The van der Waals surface area contributed by atoms with E-state index in [4.69, 9.17) is 4.98 Å². The Labute approximate surface area is 176 Å². The van der Waals surface area contributed by atoms with Crippen LogP contribution in [0.2, 0.25) is 0 Å². The Morgan fingerprint density at radius 1 is 0.897 bits per heavy atom. The molecule has 0 saturated carbocycles. The van der Waals surface area contributed by atoms with Crippen molar-refractivity contribution < 1.29 is 0 Å². The van der Waals surface area contributed by atoms with Crippen molar-refractivity contribution in [2.45, 2.75) is 6.92 Å². The number of aromatic nitrogens is 1. The van der Waals surface area contributed by atoms with Gasteiger partial charge in [-0.2, -0.15) is 0 Å². The van der Waals surface area contributed by atoms with Crippen LogP contribution in [-0.4, -0.2) is 81.2 Å². The third kappa shape index (κ3) is 3.77. The van der Waals surface area contributed by atoms with E-state index in [-0.39, 0.29) is 0 Å². The summed E-state index contributed by atoms with van der Waals surface area (Å²) in [6.07, 6.45) is 0. The van der Waals surface area contributed by atoms with E-state index in [1.165, 1.54) is 26.2 Å². The summed E-state index contributed by atoms with van der Waals surface area (Å²) in [7, 11) is 4.41. The van der Waals surface area contributed by atoms with Crippen LogP contribution >= 0.6 is 11.3 Å². The average molecular weight is 409 g/mol. The fraction of sp³-hybridized carbons (Fsp3) is 0.478. The minimum atomic E-state index is 1.10. The molecular weight excluding hydrogens is 378 g/mol. The van der Waals surface area contributed by atoms with Gasteiger partial charge in [0.15, 0.2) is 13.1 Å². The Bertz CT molecular complexity index is 1070. The molecular formula is C23H30N5S+. The first-order chi connectivity index (χ1) is 14.1. The topological polar surface area (TPSA) is 25.6 Å². The molecule has 2 fully saturated rings. The monoisotopic (exact) mass is 408 g/mol. The number of rotatable bonds is 1. The SMILES string of the molecule is Cc1cc(N2CCN(C)CC2)cc2sc3cc(=[N+]4CCN(C)CC4)ccc-3nc12. The second-order valence-electron chi connectivity index (χ2n) is 8.56. The van der Waals surface area contributed by atoms with Crippen molar-refractivity contribution in [3.63, 3.8) is 0 Å². The third-order valence-corrected chi connectivity index (χ3v) is 7.46. The summed E-state index contributed by atoms with van der Waals surface area (Å²) >= 11 is 1.89. The van der Waals surface area contributed by atoms with Gasteiger partial charge in [0.2, 0.25) is 5.36 Å². The Hall–Kier alpha value is -2.02. The first kappa shape index (κ1) is 19.0. The highest BCUT2D eigenvalue weighted by Gasteiger charge is 2.19. The molecule has 0 aromatic heterocycles. The number of nitrogens with zero attached hydrogens (tertiary/aromatic N) is 5. The van der Waals surface area contributed by atoms with E-state index in [1.54, 1.807) is 0 Å². The quantitative estimate of drug-likeness (QED) is 0.455. The molecule has 0 bridgehead atoms. The standard InChI is InChI=1S/C23H30N5S/c1-17-14-19(28-12-8-26(3)9-13-28)16-22-23(17)24-20-5-4-18(15-21(20)29-22)27-10-6-25(2)7-11-27/h4-5,14-16H,6-13H2,1-3H3/q+1. The second-order valence-corrected chi connectivity index (χ2v) is 9.64. The maximum Gasteiger partial charge on any atom is 0.201 e. The van der Waals surface area contributed by atoms with Gasteiger partial charge >= 0.3 is 0 Å². The smallest absolute Gasteiger partial charge is 0.201 e. The molecule has 3 aliphatic heterocycles. The fourth-order valence-electron chi connectivity index (χ4n) is 4.37. The van der Waals surface area contributed by atoms with Crippen molar-refractivity contribution >= 4 is 27.2 Å². The summed E-state index contributed by atoms with van der Waals surface area (Å²) < 4.78 is 3.80. The van der Waals surface area contributed by atoms with Gasteiger partial charge in [-0.3, -0.25) is 4.90 Å². The molecule has 1 aromatic rings. The minimum absolute atomic E-state index is 1.10. The lowest BCUT2D eigenvalue weighted by molar-refractivity contribution is 0.267. The lowest BCUT2D eigenvalue weighted by atomic mass is 10.1. The number of benzene rings is 2. The average Bonchev–Trinajstić information content (AvgIpc) is 2.73. The van der Waals surface area contributed by atoms with E-state index in [2.05, 4.69) is 70.6 Å². The number of likely N-dealkylation sites (N-methyl/N-ethyl adjacent to an activating group) is 2. The zero-order valence-corrected chi connectivity index (χ0v) is 18.5. The molecule has 0 radical (unpaired) electrons. The van der Waals surface area contributed by atoms with Crippen LogP contribution in [0.15, 0.2) is 30.3 Å². The van der Waals surface area contributed by atoms with Gasteiger partial charge in [0.1, 0.15) is 0 Å². The molecule has 0 N–H and O–H groups in total. The van der Waals surface area contributed by atoms with Crippen LogP contribution in [0.3, 0.4) is 0 Å². The van der Waals surface area contributed by atoms with Gasteiger partial charge in [-0.25, -0.2) is 9.56 Å². The van der Waals surface area contributed by atoms with Crippen molar-refractivity contribution in [3.05, 3.63) is 41.3 Å². The molecule has 6 heteroatoms. The third-order valence-electron chi connectivity index (χ3n) is 6.38. The van der Waals surface area contributed by atoms with E-state index in [1.807, 2.05) is 11.3 Å². The number of aryl methyl sites for hydroxylation is 1. The van der Waals surface area contributed by atoms with Gasteiger partial charge in [-0.15, -0.1) is 11.3 Å². The molecule has 3 heterocycles. The molecule has 152 valence electrons. The van der Waals surface area contributed by atoms with Gasteiger partial charge < -0.3 is 9.80 Å². The van der Waals surface area contributed by atoms with Crippen molar-refractivity contribution in [2.75, 3.05) is 71.4 Å². The van der Waals surface area contributed by atoms with Crippen LogP contribution < -0.4 is 14.8 Å². The Morgan fingerprint density at radius 3 is 2.38 bits per heavy atom. The van der Waals surface area contributed by atoms with Crippen LogP contribution in [-0.2, 0) is 0 Å². The maximum atomic E-state index is 5.03. The first-order valence-electron chi connectivity index (χ1n) is 10.6. The normalized spacial score (nSPS) is 19.4. The predicted octanol–water partition coefficient (Wildman–Crippen LogP) is 2.18. The fourth-order valence-corrected chi connectivity index (χ4v) is 5.49. The van der Waals surface area contributed by atoms with Crippen LogP contribution in [0.5, 0.6) is 0 Å². The zero-order valence-electron chi connectivity index (χ0n) is 17.7. The van der Waals surface area contributed by atoms with Gasteiger partial charge in [0.05, 0.1) is 33.9 Å². The number of anilines is 1. The molecule has 0 atom stereocenters. The van der Waals surface area contributed by atoms with Crippen molar-refractivity contribution in [1.82, 2.24) is 19.4 Å². The first-order valence-corrected chi connectivity index (χ1v) is 11.4. The highest BCUT2D eigenvalue weighted by atomic mass is 32.1. The van der Waals surface area contributed by atoms with E-state index in [9.17, 15) is 0 Å². The van der Waals surface area contributed by atoms with Crippen LogP contribution in [0.25, 0.3) is 20.8 Å². The van der Waals surface area contributed by atoms with Gasteiger partial charge in [0, 0.05) is 44.0 Å². The Balaban J connectivity index is 1.57. The molecule has 1 aromatic carbocycles. The Kier molecular flexibility index (Phi) is 5.02. The van der Waals surface area contributed by atoms with Crippen molar-refractivity contribution in [1.29, 1.82) is 0 Å². The summed E-state index contributed by atoms with van der Waals surface area (Å²) in [5, 5.41) is 1.33. The molecule has 1 aliphatic carbocycles. The predicted molar refractivity (Wildman–Crippen MR) is 123 cm³/mol. The molecule has 0 spiro atoms. The largest absolute Gasteiger partial charge is 0.369 e. The lowest BCUT2D eigenvalue weighted by Crippen LogP contribution is -2.46.